The maximum Gasteiger partial charge on any atom is 0.322 e. The summed E-state index contributed by atoms with van der Waals surface area (Å²) < 4.78 is 29.9. The first kappa shape index (κ1) is 22.6. The van der Waals surface area contributed by atoms with Gasteiger partial charge in [0.2, 0.25) is 0 Å². The van der Waals surface area contributed by atoms with Crippen molar-refractivity contribution in [2.45, 2.75) is 12.5 Å². The fraction of sp³-hybridized carbons (Fsp3) is 0.222. The second-order valence-electron chi connectivity index (χ2n) is 8.32. The molecule has 180 valence electrons. The number of nitrogens with one attached hydrogen (secondary N) is 2. The van der Waals surface area contributed by atoms with Crippen molar-refractivity contribution in [3.05, 3.63) is 83.3 Å². The number of fused-ring (bicyclic) bond motifs is 3. The molecule has 1 aliphatic heterocycles. The predicted molar refractivity (Wildman–Crippen MR) is 132 cm³/mol. The third kappa shape index (κ3) is 4.12. The number of ether oxygens (including phenoxy) is 3. The molecule has 1 aromatic heterocycles. The number of hydrogen-bond acceptors (Lipinski definition) is 4. The molecular formula is C27H26FN3O4. The summed E-state index contributed by atoms with van der Waals surface area (Å²) in [5, 5.41) is 4.03. The molecule has 0 saturated heterocycles. The molecule has 3 aromatic carbocycles. The number of amides is 2. The Morgan fingerprint density at radius 2 is 1.69 bits per heavy atom. The van der Waals surface area contributed by atoms with Crippen molar-refractivity contribution in [1.29, 1.82) is 0 Å². The monoisotopic (exact) mass is 475 g/mol. The zero-order valence-corrected chi connectivity index (χ0v) is 19.7. The van der Waals surface area contributed by atoms with E-state index in [2.05, 4.69) is 10.3 Å². The van der Waals surface area contributed by atoms with Crippen LogP contribution < -0.4 is 19.5 Å². The number of halogens is 1. The smallest absolute Gasteiger partial charge is 0.322 e. The van der Waals surface area contributed by atoms with Gasteiger partial charge < -0.3 is 29.4 Å². The van der Waals surface area contributed by atoms with Crippen LogP contribution in [0.3, 0.4) is 0 Å². The van der Waals surface area contributed by atoms with E-state index in [1.165, 1.54) is 12.1 Å². The van der Waals surface area contributed by atoms with Crippen molar-refractivity contribution in [3.63, 3.8) is 0 Å². The van der Waals surface area contributed by atoms with E-state index >= 15 is 0 Å². The second-order valence-corrected chi connectivity index (χ2v) is 8.32. The summed E-state index contributed by atoms with van der Waals surface area (Å²) in [5.74, 6) is 1.56. The Morgan fingerprint density at radius 1 is 0.971 bits per heavy atom. The number of rotatable bonds is 5. The summed E-state index contributed by atoms with van der Waals surface area (Å²) in [5.41, 5.74) is 4.29. The van der Waals surface area contributed by atoms with Gasteiger partial charge in [-0.1, -0.05) is 12.1 Å². The molecule has 1 unspecified atom stereocenters. The Balaban J connectivity index is 1.57. The van der Waals surface area contributed by atoms with Crippen molar-refractivity contribution in [3.8, 4) is 17.2 Å². The van der Waals surface area contributed by atoms with Crippen LogP contribution in [-0.4, -0.2) is 43.8 Å². The molecule has 5 rings (SSSR count). The molecular weight excluding hydrogens is 449 g/mol. The maximum absolute atomic E-state index is 13.8. The molecule has 0 spiro atoms. The van der Waals surface area contributed by atoms with E-state index in [1.54, 1.807) is 56.6 Å². The fourth-order valence-corrected chi connectivity index (χ4v) is 4.70. The molecule has 4 aromatic rings. The Labute approximate surface area is 202 Å². The van der Waals surface area contributed by atoms with E-state index in [1.807, 2.05) is 18.2 Å². The van der Waals surface area contributed by atoms with Crippen LogP contribution in [0.4, 0.5) is 14.9 Å². The van der Waals surface area contributed by atoms with Crippen LogP contribution in [0.25, 0.3) is 10.9 Å². The van der Waals surface area contributed by atoms with E-state index in [0.717, 1.165) is 33.5 Å². The molecule has 2 N–H and O–H groups in total. The molecule has 0 radical (unpaired) electrons. The van der Waals surface area contributed by atoms with E-state index < -0.39 is 6.04 Å². The molecule has 35 heavy (non-hydrogen) atoms. The quantitative estimate of drug-likeness (QED) is 0.399. The zero-order valence-electron chi connectivity index (χ0n) is 19.7. The van der Waals surface area contributed by atoms with Crippen LogP contribution in [0.2, 0.25) is 0 Å². The number of aromatic amines is 1. The number of urea groups is 1. The molecule has 0 fully saturated rings. The first-order valence-corrected chi connectivity index (χ1v) is 11.3. The molecule has 0 saturated carbocycles. The fourth-order valence-electron chi connectivity index (χ4n) is 4.70. The highest BCUT2D eigenvalue weighted by Crippen LogP contribution is 2.40. The van der Waals surface area contributed by atoms with E-state index in [4.69, 9.17) is 14.2 Å². The summed E-state index contributed by atoms with van der Waals surface area (Å²) >= 11 is 0. The molecule has 1 atom stereocenters. The summed E-state index contributed by atoms with van der Waals surface area (Å²) in [6.45, 7) is 0.470. The number of carbonyl (C=O) groups excluding carboxylic acids is 1. The number of aromatic nitrogens is 1. The lowest BCUT2D eigenvalue weighted by Crippen LogP contribution is -2.43. The largest absolute Gasteiger partial charge is 0.497 e. The van der Waals surface area contributed by atoms with Crippen molar-refractivity contribution in [2.75, 3.05) is 33.2 Å². The molecule has 1 aliphatic rings. The summed E-state index contributed by atoms with van der Waals surface area (Å²) in [4.78, 5) is 18.9. The van der Waals surface area contributed by atoms with E-state index in [9.17, 15) is 9.18 Å². The van der Waals surface area contributed by atoms with E-state index in [-0.39, 0.29) is 11.8 Å². The normalized spacial score (nSPS) is 15.0. The van der Waals surface area contributed by atoms with E-state index in [0.29, 0.717) is 30.2 Å². The first-order chi connectivity index (χ1) is 17.0. The number of methoxy groups -OCH3 is 3. The van der Waals surface area contributed by atoms with Crippen LogP contribution in [0, 0.1) is 5.82 Å². The number of benzene rings is 3. The number of anilines is 1. The van der Waals surface area contributed by atoms with Gasteiger partial charge in [-0.3, -0.25) is 0 Å². The number of nitrogens with zero attached hydrogens (tertiary/aromatic N) is 1. The number of hydrogen-bond donors (Lipinski definition) is 2. The van der Waals surface area contributed by atoms with Crippen molar-refractivity contribution in [1.82, 2.24) is 9.88 Å². The predicted octanol–water partition coefficient (Wildman–Crippen LogP) is 5.51. The number of carbonyl (C=O) groups is 1. The highest BCUT2D eigenvalue weighted by molar-refractivity contribution is 5.93. The third-order valence-corrected chi connectivity index (χ3v) is 6.43. The molecule has 8 heteroatoms. The van der Waals surface area contributed by atoms with Gasteiger partial charge in [-0.25, -0.2) is 9.18 Å². The highest BCUT2D eigenvalue weighted by Gasteiger charge is 2.35. The Hall–Kier alpha value is -4.20. The van der Waals surface area contributed by atoms with Crippen LogP contribution in [0.1, 0.15) is 22.9 Å². The van der Waals surface area contributed by atoms with Crippen LogP contribution >= 0.6 is 0 Å². The average Bonchev–Trinajstić information content (AvgIpc) is 3.26. The Bertz CT molecular complexity index is 1380. The molecule has 0 aliphatic carbocycles. The number of H-pyrrole nitrogens is 1. The lowest BCUT2D eigenvalue weighted by molar-refractivity contribution is 0.193. The van der Waals surface area contributed by atoms with Crippen molar-refractivity contribution >= 4 is 22.6 Å². The van der Waals surface area contributed by atoms with Gasteiger partial charge in [0.15, 0.2) is 0 Å². The zero-order chi connectivity index (χ0) is 24.5. The summed E-state index contributed by atoms with van der Waals surface area (Å²) in [7, 11) is 4.75. The molecule has 2 heterocycles. The lowest BCUT2D eigenvalue weighted by atomic mass is 9.92. The van der Waals surface area contributed by atoms with Gasteiger partial charge in [0.05, 0.1) is 33.1 Å². The molecule has 0 bridgehead atoms. The topological polar surface area (TPSA) is 75.8 Å². The van der Waals surface area contributed by atoms with Gasteiger partial charge in [0.25, 0.3) is 0 Å². The van der Waals surface area contributed by atoms with Gasteiger partial charge in [-0.15, -0.1) is 0 Å². The maximum atomic E-state index is 13.8. The summed E-state index contributed by atoms with van der Waals surface area (Å²) in [6, 6.07) is 16.6. The second kappa shape index (κ2) is 9.21. The Kier molecular flexibility index (Phi) is 5.94. The van der Waals surface area contributed by atoms with Gasteiger partial charge in [-0.2, -0.15) is 0 Å². The highest BCUT2D eigenvalue weighted by atomic mass is 19.1. The SMILES string of the molecule is COc1ccc(OC)c(NC(=O)N2CCc3c([nH]c4ccc(OC)cc34)C2c2ccc(F)cc2)c1. The average molecular weight is 476 g/mol. The standard InChI is InChI=1S/C27H26FN3O4/c1-33-18-8-10-22-21(14-18)20-12-13-31(26(25(20)29-22)16-4-6-17(28)7-5-16)27(32)30-23-15-19(34-2)9-11-24(23)35-3/h4-11,14-15,26,29H,12-13H2,1-3H3,(H,30,32). The third-order valence-electron chi connectivity index (χ3n) is 6.43. The van der Waals surface area contributed by atoms with Gasteiger partial charge in [0.1, 0.15) is 23.1 Å². The van der Waals surface area contributed by atoms with Gasteiger partial charge in [0, 0.05) is 29.2 Å². The minimum Gasteiger partial charge on any atom is -0.497 e. The van der Waals surface area contributed by atoms with Gasteiger partial charge in [-0.05, 0) is 60.0 Å². The lowest BCUT2D eigenvalue weighted by Gasteiger charge is -2.36. The molecule has 2 amide bonds. The van der Waals surface area contributed by atoms with Crippen LogP contribution in [0.5, 0.6) is 17.2 Å². The van der Waals surface area contributed by atoms with Crippen LogP contribution in [0.15, 0.2) is 60.7 Å². The van der Waals surface area contributed by atoms with Crippen molar-refractivity contribution in [2.24, 2.45) is 0 Å². The van der Waals surface area contributed by atoms with Crippen molar-refractivity contribution < 1.29 is 23.4 Å². The minimum absolute atomic E-state index is 0.298. The first-order valence-electron chi connectivity index (χ1n) is 11.3. The minimum atomic E-state index is -0.436. The van der Waals surface area contributed by atoms with Gasteiger partial charge >= 0.3 is 6.03 Å². The Morgan fingerprint density at radius 3 is 2.40 bits per heavy atom. The molecule has 7 nitrogen and oxygen atoms in total. The van der Waals surface area contributed by atoms with Crippen LogP contribution in [-0.2, 0) is 6.42 Å². The summed E-state index contributed by atoms with van der Waals surface area (Å²) in [6.07, 6.45) is 0.656.